The van der Waals surface area contributed by atoms with Crippen molar-refractivity contribution in [3.05, 3.63) is 42.0 Å². The molecule has 1 unspecified atom stereocenters. The number of phenolic OH excluding ortho intramolecular Hbond substituents is 1. The lowest BCUT2D eigenvalue weighted by Gasteiger charge is -2.23. The lowest BCUT2D eigenvalue weighted by Crippen LogP contribution is -2.36. The Morgan fingerprint density at radius 3 is 2.90 bits per heavy atom. The SMILES string of the molecule is O=C(c1ccc2ccccc2c1O)N1CCCC1CBr. The molecule has 1 aliphatic heterocycles. The number of alkyl halides is 1. The van der Waals surface area contributed by atoms with E-state index >= 15 is 0 Å². The Bertz CT molecular complexity index is 656. The van der Waals surface area contributed by atoms with Gasteiger partial charge in [0.2, 0.25) is 0 Å². The first-order chi connectivity index (χ1) is 9.72. The number of amides is 1. The molecular formula is C16H16BrNO2. The molecule has 1 atom stereocenters. The van der Waals surface area contributed by atoms with Gasteiger partial charge in [0.25, 0.3) is 5.91 Å². The van der Waals surface area contributed by atoms with Crippen LogP contribution >= 0.6 is 15.9 Å². The van der Waals surface area contributed by atoms with Gasteiger partial charge in [0.15, 0.2) is 0 Å². The van der Waals surface area contributed by atoms with Crippen LogP contribution in [-0.2, 0) is 0 Å². The summed E-state index contributed by atoms with van der Waals surface area (Å²) in [6.07, 6.45) is 2.04. The fraction of sp³-hybridized carbons (Fsp3) is 0.312. The first-order valence-electron chi connectivity index (χ1n) is 6.80. The number of halogens is 1. The van der Waals surface area contributed by atoms with Crippen LogP contribution in [0.25, 0.3) is 10.8 Å². The Hall–Kier alpha value is -1.55. The smallest absolute Gasteiger partial charge is 0.257 e. The number of hydrogen-bond acceptors (Lipinski definition) is 2. The molecule has 0 spiro atoms. The van der Waals surface area contributed by atoms with Crippen LogP contribution in [0.5, 0.6) is 5.75 Å². The van der Waals surface area contributed by atoms with E-state index in [1.807, 2.05) is 35.2 Å². The van der Waals surface area contributed by atoms with Crippen molar-refractivity contribution < 1.29 is 9.90 Å². The Balaban J connectivity index is 2.01. The second-order valence-corrected chi connectivity index (χ2v) is 5.78. The summed E-state index contributed by atoms with van der Waals surface area (Å²) in [6, 6.07) is 11.4. The second kappa shape index (κ2) is 5.44. The lowest BCUT2D eigenvalue weighted by atomic mass is 10.0. The van der Waals surface area contributed by atoms with Gasteiger partial charge in [-0.25, -0.2) is 0 Å². The highest BCUT2D eigenvalue weighted by Crippen LogP contribution is 2.31. The second-order valence-electron chi connectivity index (χ2n) is 5.13. The van der Waals surface area contributed by atoms with Crippen LogP contribution in [0.15, 0.2) is 36.4 Å². The summed E-state index contributed by atoms with van der Waals surface area (Å²) in [6.45, 7) is 0.765. The first kappa shape index (κ1) is 13.4. The third-order valence-corrected chi connectivity index (χ3v) is 4.69. The van der Waals surface area contributed by atoms with Crippen LogP contribution < -0.4 is 0 Å². The molecular weight excluding hydrogens is 318 g/mol. The Morgan fingerprint density at radius 2 is 2.10 bits per heavy atom. The van der Waals surface area contributed by atoms with E-state index in [1.165, 1.54) is 0 Å². The van der Waals surface area contributed by atoms with Crippen LogP contribution in [0, 0.1) is 0 Å². The molecule has 0 aromatic heterocycles. The molecule has 3 rings (SSSR count). The van der Waals surface area contributed by atoms with Crippen molar-refractivity contribution >= 4 is 32.6 Å². The van der Waals surface area contributed by atoms with Gasteiger partial charge in [0.05, 0.1) is 5.56 Å². The number of benzene rings is 2. The maximum absolute atomic E-state index is 12.6. The molecule has 2 aromatic rings. The van der Waals surface area contributed by atoms with E-state index in [4.69, 9.17) is 0 Å². The largest absolute Gasteiger partial charge is 0.506 e. The minimum Gasteiger partial charge on any atom is -0.506 e. The normalized spacial score (nSPS) is 18.6. The number of nitrogens with zero attached hydrogens (tertiary/aromatic N) is 1. The van der Waals surface area contributed by atoms with Gasteiger partial charge >= 0.3 is 0 Å². The van der Waals surface area contributed by atoms with Crippen molar-refractivity contribution in [2.24, 2.45) is 0 Å². The topological polar surface area (TPSA) is 40.5 Å². The van der Waals surface area contributed by atoms with Crippen molar-refractivity contribution in [1.29, 1.82) is 0 Å². The van der Waals surface area contributed by atoms with Crippen LogP contribution in [0.2, 0.25) is 0 Å². The molecule has 1 heterocycles. The third kappa shape index (κ3) is 2.18. The van der Waals surface area contributed by atoms with Gasteiger partial charge in [0, 0.05) is 23.3 Å². The van der Waals surface area contributed by atoms with Gasteiger partial charge in [0.1, 0.15) is 5.75 Å². The van der Waals surface area contributed by atoms with Crippen LogP contribution in [0.3, 0.4) is 0 Å². The van der Waals surface area contributed by atoms with Gasteiger partial charge < -0.3 is 10.0 Å². The molecule has 1 saturated heterocycles. The third-order valence-electron chi connectivity index (χ3n) is 3.95. The average Bonchev–Trinajstić information content (AvgIpc) is 2.96. The number of aromatic hydroxyl groups is 1. The summed E-state index contributed by atoms with van der Waals surface area (Å²) in [7, 11) is 0. The van der Waals surface area contributed by atoms with E-state index in [9.17, 15) is 9.90 Å². The molecule has 104 valence electrons. The fourth-order valence-corrected chi connectivity index (χ4v) is 3.52. The molecule has 4 heteroatoms. The summed E-state index contributed by atoms with van der Waals surface area (Å²) in [5.41, 5.74) is 0.400. The monoisotopic (exact) mass is 333 g/mol. The van der Waals surface area contributed by atoms with Crippen molar-refractivity contribution in [3.63, 3.8) is 0 Å². The predicted octanol–water partition coefficient (Wildman–Crippen LogP) is 3.54. The molecule has 1 fully saturated rings. The van der Waals surface area contributed by atoms with Crippen LogP contribution in [0.1, 0.15) is 23.2 Å². The van der Waals surface area contributed by atoms with E-state index < -0.39 is 0 Å². The van der Waals surface area contributed by atoms with E-state index in [0.29, 0.717) is 5.56 Å². The number of carbonyl (C=O) groups excluding carboxylic acids is 1. The van der Waals surface area contributed by atoms with Gasteiger partial charge in [-0.15, -0.1) is 0 Å². The van der Waals surface area contributed by atoms with Crippen molar-refractivity contribution in [2.45, 2.75) is 18.9 Å². The minimum absolute atomic E-state index is 0.0739. The van der Waals surface area contributed by atoms with Crippen molar-refractivity contribution in [1.82, 2.24) is 4.90 Å². The molecule has 1 N–H and O–H groups in total. The number of rotatable bonds is 2. The number of phenols is 1. The Kier molecular flexibility index (Phi) is 3.66. The lowest BCUT2D eigenvalue weighted by molar-refractivity contribution is 0.0748. The van der Waals surface area contributed by atoms with Gasteiger partial charge in [-0.1, -0.05) is 46.3 Å². The first-order valence-corrected chi connectivity index (χ1v) is 7.92. The number of carbonyl (C=O) groups is 1. The standard InChI is InChI=1S/C16H16BrNO2/c17-10-12-5-3-9-18(12)16(20)14-8-7-11-4-1-2-6-13(11)15(14)19/h1-2,4,6-8,12,19H,3,5,9-10H2. The van der Waals surface area contributed by atoms with E-state index in [1.54, 1.807) is 6.07 Å². The van der Waals surface area contributed by atoms with E-state index in [2.05, 4.69) is 15.9 Å². The maximum Gasteiger partial charge on any atom is 0.257 e. The van der Waals surface area contributed by atoms with Crippen molar-refractivity contribution in [3.8, 4) is 5.75 Å². The fourth-order valence-electron chi connectivity index (χ4n) is 2.85. The zero-order chi connectivity index (χ0) is 14.1. The van der Waals surface area contributed by atoms with Gasteiger partial charge in [-0.3, -0.25) is 4.79 Å². The Morgan fingerprint density at radius 1 is 1.30 bits per heavy atom. The highest BCUT2D eigenvalue weighted by atomic mass is 79.9. The van der Waals surface area contributed by atoms with Gasteiger partial charge in [-0.05, 0) is 24.3 Å². The molecule has 0 saturated carbocycles. The molecule has 1 amide bonds. The molecule has 0 radical (unpaired) electrons. The van der Waals surface area contributed by atoms with Crippen molar-refractivity contribution in [2.75, 3.05) is 11.9 Å². The highest BCUT2D eigenvalue weighted by Gasteiger charge is 2.30. The minimum atomic E-state index is -0.0739. The molecule has 0 bridgehead atoms. The molecule has 0 aliphatic carbocycles. The molecule has 3 nitrogen and oxygen atoms in total. The quantitative estimate of drug-likeness (QED) is 0.854. The highest BCUT2D eigenvalue weighted by molar-refractivity contribution is 9.09. The van der Waals surface area contributed by atoms with E-state index in [-0.39, 0.29) is 17.7 Å². The number of likely N-dealkylation sites (tertiary alicyclic amines) is 1. The Labute approximate surface area is 126 Å². The summed E-state index contributed by atoms with van der Waals surface area (Å²) in [4.78, 5) is 14.5. The molecule has 20 heavy (non-hydrogen) atoms. The summed E-state index contributed by atoms with van der Waals surface area (Å²) in [5, 5.41) is 12.8. The summed E-state index contributed by atoms with van der Waals surface area (Å²) >= 11 is 3.46. The van der Waals surface area contributed by atoms with E-state index in [0.717, 1.165) is 35.5 Å². The van der Waals surface area contributed by atoms with Gasteiger partial charge in [-0.2, -0.15) is 0 Å². The summed E-state index contributed by atoms with van der Waals surface area (Å²) < 4.78 is 0. The summed E-state index contributed by atoms with van der Waals surface area (Å²) in [5.74, 6) is 0.0172. The zero-order valence-electron chi connectivity index (χ0n) is 11.1. The number of fused-ring (bicyclic) bond motifs is 1. The predicted molar refractivity (Wildman–Crippen MR) is 83.5 cm³/mol. The van der Waals surface area contributed by atoms with Crippen LogP contribution in [0.4, 0.5) is 0 Å². The maximum atomic E-state index is 12.6. The van der Waals surface area contributed by atoms with Crippen LogP contribution in [-0.4, -0.2) is 33.8 Å². The molecule has 1 aliphatic rings. The average molecular weight is 334 g/mol. The molecule has 2 aromatic carbocycles. The zero-order valence-corrected chi connectivity index (χ0v) is 12.6. The number of hydrogen-bond donors (Lipinski definition) is 1.